The third kappa shape index (κ3) is 6.40. The zero-order valence-corrected chi connectivity index (χ0v) is 23.1. The van der Waals surface area contributed by atoms with Crippen LogP contribution in [0.15, 0.2) is 61.1 Å². The highest BCUT2D eigenvalue weighted by atomic mass is 16.5. The Morgan fingerprint density at radius 2 is 1.74 bits per heavy atom. The number of rotatable bonds is 10. The lowest BCUT2D eigenvalue weighted by molar-refractivity contribution is 0.112. The van der Waals surface area contributed by atoms with Crippen LogP contribution in [0, 0.1) is 18.3 Å². The number of aryl methyl sites for hydroxylation is 1. The fraction of sp³-hybridized carbons (Fsp3) is 0.355. The van der Waals surface area contributed by atoms with Gasteiger partial charge in [0, 0.05) is 86.6 Å². The van der Waals surface area contributed by atoms with Crippen LogP contribution >= 0.6 is 0 Å². The van der Waals surface area contributed by atoms with Crippen LogP contribution in [0.1, 0.15) is 11.1 Å². The van der Waals surface area contributed by atoms with Gasteiger partial charge in [0.15, 0.2) is 0 Å². The van der Waals surface area contributed by atoms with E-state index in [0.717, 1.165) is 90.5 Å². The Hall–Kier alpha value is -3.90. The van der Waals surface area contributed by atoms with Crippen LogP contribution in [0.5, 0.6) is 5.75 Å². The molecule has 1 fully saturated rings. The highest BCUT2D eigenvalue weighted by Gasteiger charge is 2.17. The number of fused-ring (bicyclic) bond motifs is 1. The van der Waals surface area contributed by atoms with Gasteiger partial charge in [0.25, 0.3) is 0 Å². The number of hydrogen-bond acceptors (Lipinski definition) is 7. The number of ether oxygens (including phenoxy) is 1. The predicted molar refractivity (Wildman–Crippen MR) is 158 cm³/mol. The van der Waals surface area contributed by atoms with Gasteiger partial charge in [0.05, 0.1) is 11.3 Å². The molecule has 1 saturated heterocycles. The molecule has 0 radical (unpaired) electrons. The lowest BCUT2D eigenvalue weighted by Crippen LogP contribution is -2.48. The Kier molecular flexibility index (Phi) is 8.42. The van der Waals surface area contributed by atoms with E-state index in [1.54, 1.807) is 12.4 Å². The second-order valence-corrected chi connectivity index (χ2v) is 10.4. The zero-order chi connectivity index (χ0) is 27.2. The van der Waals surface area contributed by atoms with Gasteiger partial charge in [0.2, 0.25) is 0 Å². The number of likely N-dealkylation sites (N-methyl/N-ethyl adjacent to an activating group) is 1. The van der Waals surface area contributed by atoms with Gasteiger partial charge in [-0.15, -0.1) is 0 Å². The average molecular weight is 524 g/mol. The van der Waals surface area contributed by atoms with Gasteiger partial charge in [-0.25, -0.2) is 0 Å². The summed E-state index contributed by atoms with van der Waals surface area (Å²) in [6.45, 7) is 10.3. The predicted octanol–water partition coefficient (Wildman–Crippen LogP) is 4.71. The highest BCUT2D eigenvalue weighted by molar-refractivity contribution is 5.91. The van der Waals surface area contributed by atoms with E-state index in [9.17, 15) is 5.26 Å². The van der Waals surface area contributed by atoms with E-state index in [1.165, 1.54) is 0 Å². The Balaban J connectivity index is 1.22. The SMILES string of the molecule is Cc1c(Nc2c(C#N)cncc2-c2ccc(OCCN3CCN(CCN(C)C)CC3)cc2)ccc2[nH]ccc12. The first-order chi connectivity index (χ1) is 19.0. The molecule has 0 saturated carbocycles. The van der Waals surface area contributed by atoms with Crippen molar-refractivity contribution in [3.05, 3.63) is 72.2 Å². The number of pyridine rings is 1. The molecule has 4 aromatic rings. The van der Waals surface area contributed by atoms with Crippen molar-refractivity contribution in [1.82, 2.24) is 24.7 Å². The van der Waals surface area contributed by atoms with Gasteiger partial charge >= 0.3 is 0 Å². The molecule has 0 unspecified atom stereocenters. The number of nitrogens with zero attached hydrogens (tertiary/aromatic N) is 5. The highest BCUT2D eigenvalue weighted by Crippen LogP contribution is 2.35. The van der Waals surface area contributed by atoms with Crippen molar-refractivity contribution in [2.24, 2.45) is 0 Å². The second kappa shape index (κ2) is 12.3. The number of piperazine rings is 1. The lowest BCUT2D eigenvalue weighted by atomic mass is 10.0. The Bertz CT molecular complexity index is 1430. The maximum atomic E-state index is 9.82. The summed E-state index contributed by atoms with van der Waals surface area (Å²) >= 11 is 0. The van der Waals surface area contributed by atoms with Crippen molar-refractivity contribution < 1.29 is 4.74 Å². The minimum absolute atomic E-state index is 0.503. The maximum absolute atomic E-state index is 9.82. The molecule has 39 heavy (non-hydrogen) atoms. The molecule has 0 amide bonds. The van der Waals surface area contributed by atoms with Crippen molar-refractivity contribution in [2.45, 2.75) is 6.92 Å². The van der Waals surface area contributed by atoms with Crippen molar-refractivity contribution in [3.63, 3.8) is 0 Å². The largest absolute Gasteiger partial charge is 0.492 e. The molecule has 2 N–H and O–H groups in total. The normalized spacial score (nSPS) is 14.5. The molecule has 0 atom stereocenters. The smallest absolute Gasteiger partial charge is 0.119 e. The number of aromatic nitrogens is 2. The second-order valence-electron chi connectivity index (χ2n) is 10.4. The van der Waals surface area contributed by atoms with Crippen molar-refractivity contribution in [2.75, 3.05) is 71.8 Å². The van der Waals surface area contributed by atoms with E-state index >= 15 is 0 Å². The monoisotopic (exact) mass is 523 g/mol. The molecule has 8 heteroatoms. The summed E-state index contributed by atoms with van der Waals surface area (Å²) < 4.78 is 6.08. The number of hydrogen-bond donors (Lipinski definition) is 2. The Labute approximate surface area is 230 Å². The Morgan fingerprint density at radius 1 is 1.00 bits per heavy atom. The molecule has 0 spiro atoms. The molecule has 202 valence electrons. The van der Waals surface area contributed by atoms with E-state index in [-0.39, 0.29) is 0 Å². The number of anilines is 2. The Morgan fingerprint density at radius 3 is 2.46 bits per heavy atom. The van der Waals surface area contributed by atoms with Crippen LogP contribution in [0.2, 0.25) is 0 Å². The summed E-state index contributed by atoms with van der Waals surface area (Å²) in [6, 6.07) is 16.5. The van der Waals surface area contributed by atoms with Crippen LogP contribution in [0.4, 0.5) is 11.4 Å². The molecular weight excluding hydrogens is 486 g/mol. The molecule has 1 aliphatic heterocycles. The van der Waals surface area contributed by atoms with E-state index in [1.807, 2.05) is 36.5 Å². The van der Waals surface area contributed by atoms with Gasteiger partial charge in [-0.05, 0) is 62.5 Å². The topological polar surface area (TPSA) is 83.4 Å². The van der Waals surface area contributed by atoms with E-state index in [4.69, 9.17) is 4.74 Å². The van der Waals surface area contributed by atoms with Crippen LogP contribution in [-0.2, 0) is 0 Å². The number of nitriles is 1. The molecule has 8 nitrogen and oxygen atoms in total. The van der Waals surface area contributed by atoms with E-state index < -0.39 is 0 Å². The fourth-order valence-electron chi connectivity index (χ4n) is 5.05. The first-order valence-corrected chi connectivity index (χ1v) is 13.6. The summed E-state index contributed by atoms with van der Waals surface area (Å²) in [4.78, 5) is 14.8. The van der Waals surface area contributed by atoms with Gasteiger partial charge in [0.1, 0.15) is 18.4 Å². The molecule has 2 aromatic carbocycles. The summed E-state index contributed by atoms with van der Waals surface area (Å²) in [6.07, 6.45) is 5.36. The molecule has 3 heterocycles. The standard InChI is InChI=1S/C31H37N7O/c1-23-27-10-11-34-30(27)9-8-29(23)35-31-25(20-32)21-33-22-28(31)24-4-6-26(7-5-24)39-19-18-38-16-14-37(15-17-38)13-12-36(2)3/h4-11,21-22,34H,12-19H2,1-3H3,(H,33,35). The lowest BCUT2D eigenvalue weighted by Gasteiger charge is -2.35. The van der Waals surface area contributed by atoms with Gasteiger partial charge in [-0.2, -0.15) is 5.26 Å². The summed E-state index contributed by atoms with van der Waals surface area (Å²) in [5.41, 5.74) is 6.28. The van der Waals surface area contributed by atoms with Gasteiger partial charge in [-0.1, -0.05) is 12.1 Å². The number of H-pyrrole nitrogens is 1. The first kappa shape index (κ1) is 26.7. The summed E-state index contributed by atoms with van der Waals surface area (Å²) in [5, 5.41) is 14.5. The fourth-order valence-corrected chi connectivity index (χ4v) is 5.05. The quantitative estimate of drug-likeness (QED) is 0.311. The van der Waals surface area contributed by atoms with Crippen LogP contribution < -0.4 is 10.1 Å². The zero-order valence-electron chi connectivity index (χ0n) is 23.1. The van der Waals surface area contributed by atoms with Gasteiger partial charge < -0.3 is 19.9 Å². The van der Waals surface area contributed by atoms with Gasteiger partial charge in [-0.3, -0.25) is 14.8 Å². The summed E-state index contributed by atoms with van der Waals surface area (Å²) in [7, 11) is 4.25. The molecule has 0 aliphatic carbocycles. The molecule has 5 rings (SSSR count). The van der Waals surface area contributed by atoms with Crippen LogP contribution in [0.25, 0.3) is 22.0 Å². The third-order valence-corrected chi connectivity index (χ3v) is 7.50. The van der Waals surface area contributed by atoms with E-state index in [0.29, 0.717) is 12.2 Å². The molecule has 0 bridgehead atoms. The first-order valence-electron chi connectivity index (χ1n) is 13.6. The van der Waals surface area contributed by atoms with Crippen LogP contribution in [-0.4, -0.2) is 91.2 Å². The minimum Gasteiger partial charge on any atom is -0.492 e. The number of benzene rings is 2. The van der Waals surface area contributed by atoms with Crippen molar-refractivity contribution in [1.29, 1.82) is 5.26 Å². The molecule has 2 aromatic heterocycles. The molecular formula is C31H37N7O. The minimum atomic E-state index is 0.503. The van der Waals surface area contributed by atoms with Crippen molar-refractivity contribution in [3.8, 4) is 22.9 Å². The summed E-state index contributed by atoms with van der Waals surface area (Å²) in [5.74, 6) is 0.844. The average Bonchev–Trinajstić information content (AvgIpc) is 3.44. The maximum Gasteiger partial charge on any atom is 0.119 e. The number of nitrogens with one attached hydrogen (secondary N) is 2. The van der Waals surface area contributed by atoms with E-state index in [2.05, 4.69) is 69.2 Å². The van der Waals surface area contributed by atoms with Crippen molar-refractivity contribution >= 4 is 22.3 Å². The van der Waals surface area contributed by atoms with Crippen LogP contribution in [0.3, 0.4) is 0 Å². The molecule has 1 aliphatic rings. The number of aromatic amines is 1. The third-order valence-electron chi connectivity index (χ3n) is 7.50.